The van der Waals surface area contributed by atoms with Crippen LogP contribution in [-0.4, -0.2) is 24.6 Å². The van der Waals surface area contributed by atoms with E-state index in [9.17, 15) is 9.59 Å². The molecule has 1 amide bonds. The van der Waals surface area contributed by atoms with Gasteiger partial charge >= 0.3 is 5.97 Å². The molecule has 0 unspecified atom stereocenters. The Balaban J connectivity index is 1.93. The van der Waals surface area contributed by atoms with Crippen LogP contribution in [-0.2, 0) is 9.53 Å². The standard InChI is InChI=1S/C20H20N2O4/c1-3-11-25-18-9-7-16(8-10-18)20(24)26-14(2)19(23)22-17-6-4-5-15(12-17)13-21/h4-10,12,14H,3,11H2,1-2H3,(H,22,23)/t14-/m0/s1. The molecule has 0 aliphatic rings. The van der Waals surface area contributed by atoms with Crippen molar-refractivity contribution in [3.63, 3.8) is 0 Å². The van der Waals surface area contributed by atoms with Crippen molar-refractivity contribution in [2.24, 2.45) is 0 Å². The van der Waals surface area contributed by atoms with Gasteiger partial charge in [-0.1, -0.05) is 13.0 Å². The predicted octanol–water partition coefficient (Wildman–Crippen LogP) is 3.53. The molecule has 0 aromatic heterocycles. The summed E-state index contributed by atoms with van der Waals surface area (Å²) in [4.78, 5) is 24.3. The van der Waals surface area contributed by atoms with Crippen molar-refractivity contribution < 1.29 is 19.1 Å². The highest BCUT2D eigenvalue weighted by Gasteiger charge is 2.19. The maximum Gasteiger partial charge on any atom is 0.338 e. The summed E-state index contributed by atoms with van der Waals surface area (Å²) in [5.74, 6) is -0.400. The lowest BCUT2D eigenvalue weighted by molar-refractivity contribution is -0.123. The molecular weight excluding hydrogens is 332 g/mol. The Bertz CT molecular complexity index is 809. The molecule has 0 fully saturated rings. The third kappa shape index (κ3) is 5.35. The van der Waals surface area contributed by atoms with E-state index < -0.39 is 18.0 Å². The first kappa shape index (κ1) is 19.0. The van der Waals surface area contributed by atoms with Gasteiger partial charge in [0.25, 0.3) is 5.91 Å². The molecule has 0 spiro atoms. The van der Waals surface area contributed by atoms with Crippen LogP contribution >= 0.6 is 0 Å². The van der Waals surface area contributed by atoms with Gasteiger partial charge in [0, 0.05) is 5.69 Å². The normalized spacial score (nSPS) is 11.1. The third-order valence-corrected chi connectivity index (χ3v) is 3.48. The van der Waals surface area contributed by atoms with Crippen LogP contribution in [0, 0.1) is 11.3 Å². The third-order valence-electron chi connectivity index (χ3n) is 3.48. The second-order valence-electron chi connectivity index (χ2n) is 5.60. The van der Waals surface area contributed by atoms with E-state index >= 15 is 0 Å². The summed E-state index contributed by atoms with van der Waals surface area (Å²) in [6.07, 6.45) is -0.0856. The van der Waals surface area contributed by atoms with Crippen molar-refractivity contribution in [3.05, 3.63) is 59.7 Å². The lowest BCUT2D eigenvalue weighted by Gasteiger charge is -2.14. The van der Waals surface area contributed by atoms with E-state index in [0.717, 1.165) is 6.42 Å². The predicted molar refractivity (Wildman–Crippen MR) is 96.9 cm³/mol. The number of hydrogen-bond donors (Lipinski definition) is 1. The molecule has 1 N–H and O–H groups in total. The van der Waals surface area contributed by atoms with Crippen LogP contribution in [0.2, 0.25) is 0 Å². The average molecular weight is 352 g/mol. The van der Waals surface area contributed by atoms with Crippen LogP contribution in [0.15, 0.2) is 48.5 Å². The summed E-state index contributed by atoms with van der Waals surface area (Å²) >= 11 is 0. The van der Waals surface area contributed by atoms with Crippen molar-refractivity contribution in [2.75, 3.05) is 11.9 Å². The quantitative estimate of drug-likeness (QED) is 0.770. The number of nitrogens with zero attached hydrogens (tertiary/aromatic N) is 1. The number of ether oxygens (including phenoxy) is 2. The van der Waals surface area contributed by atoms with E-state index in [2.05, 4.69) is 5.32 Å². The molecule has 0 saturated carbocycles. The van der Waals surface area contributed by atoms with Gasteiger partial charge in [-0.2, -0.15) is 5.26 Å². The van der Waals surface area contributed by atoms with Gasteiger partial charge in [-0.15, -0.1) is 0 Å². The molecule has 2 aromatic carbocycles. The topological polar surface area (TPSA) is 88.4 Å². The van der Waals surface area contributed by atoms with Gasteiger partial charge < -0.3 is 14.8 Å². The first-order valence-electron chi connectivity index (χ1n) is 8.28. The zero-order valence-corrected chi connectivity index (χ0v) is 14.7. The van der Waals surface area contributed by atoms with E-state index in [1.807, 2.05) is 13.0 Å². The molecule has 6 heteroatoms. The van der Waals surface area contributed by atoms with E-state index in [1.54, 1.807) is 48.5 Å². The Labute approximate surface area is 152 Å². The van der Waals surface area contributed by atoms with E-state index in [0.29, 0.717) is 29.2 Å². The number of carbonyl (C=O) groups is 2. The van der Waals surface area contributed by atoms with Gasteiger partial charge in [0.15, 0.2) is 6.10 Å². The minimum absolute atomic E-state index is 0.333. The fraction of sp³-hybridized carbons (Fsp3) is 0.250. The number of benzene rings is 2. The second kappa shape index (κ2) is 9.23. The summed E-state index contributed by atoms with van der Waals surface area (Å²) in [6.45, 7) is 4.10. The number of amides is 1. The van der Waals surface area contributed by atoms with Crippen LogP contribution in [0.4, 0.5) is 5.69 Å². The SMILES string of the molecule is CCCOc1ccc(C(=O)O[C@@H](C)C(=O)Nc2cccc(C#N)c2)cc1. The average Bonchev–Trinajstić information content (AvgIpc) is 2.66. The zero-order chi connectivity index (χ0) is 18.9. The number of rotatable bonds is 7. The fourth-order valence-electron chi connectivity index (χ4n) is 2.10. The van der Waals surface area contributed by atoms with E-state index in [1.165, 1.54) is 6.92 Å². The molecule has 134 valence electrons. The monoisotopic (exact) mass is 352 g/mol. The van der Waals surface area contributed by atoms with Crippen molar-refractivity contribution in [3.8, 4) is 11.8 Å². The smallest absolute Gasteiger partial charge is 0.338 e. The van der Waals surface area contributed by atoms with Crippen molar-refractivity contribution in [1.82, 2.24) is 0 Å². The van der Waals surface area contributed by atoms with Gasteiger partial charge in [0.1, 0.15) is 5.75 Å². The van der Waals surface area contributed by atoms with Gasteiger partial charge in [-0.25, -0.2) is 4.79 Å². The zero-order valence-electron chi connectivity index (χ0n) is 14.7. The van der Waals surface area contributed by atoms with Gasteiger partial charge in [-0.3, -0.25) is 4.79 Å². The molecule has 2 aromatic rings. The van der Waals surface area contributed by atoms with Gasteiger partial charge in [0.2, 0.25) is 0 Å². The summed E-state index contributed by atoms with van der Waals surface area (Å²) in [7, 11) is 0. The fourth-order valence-corrected chi connectivity index (χ4v) is 2.10. The minimum atomic E-state index is -0.982. The maximum absolute atomic E-state index is 12.2. The van der Waals surface area contributed by atoms with Crippen LogP contribution in [0.5, 0.6) is 5.75 Å². The van der Waals surface area contributed by atoms with Crippen LogP contribution in [0.25, 0.3) is 0 Å². The van der Waals surface area contributed by atoms with Crippen molar-refractivity contribution in [1.29, 1.82) is 5.26 Å². The van der Waals surface area contributed by atoms with Gasteiger partial charge in [0.05, 0.1) is 23.8 Å². The van der Waals surface area contributed by atoms with E-state index in [4.69, 9.17) is 14.7 Å². The number of hydrogen-bond acceptors (Lipinski definition) is 5. The molecule has 6 nitrogen and oxygen atoms in total. The molecule has 1 atom stereocenters. The first-order chi connectivity index (χ1) is 12.5. The van der Waals surface area contributed by atoms with Gasteiger partial charge in [-0.05, 0) is 55.8 Å². The molecule has 26 heavy (non-hydrogen) atoms. The van der Waals surface area contributed by atoms with Crippen LogP contribution in [0.3, 0.4) is 0 Å². The summed E-state index contributed by atoms with van der Waals surface area (Å²) in [5.41, 5.74) is 1.23. The molecular formula is C20H20N2O4. The molecule has 0 saturated heterocycles. The number of esters is 1. The van der Waals surface area contributed by atoms with Crippen LogP contribution in [0.1, 0.15) is 36.2 Å². The molecule has 0 bridgehead atoms. The van der Waals surface area contributed by atoms with E-state index in [-0.39, 0.29) is 0 Å². The molecule has 0 radical (unpaired) electrons. The van der Waals surface area contributed by atoms with Crippen molar-refractivity contribution in [2.45, 2.75) is 26.4 Å². The molecule has 0 aliphatic heterocycles. The largest absolute Gasteiger partial charge is 0.494 e. The lowest BCUT2D eigenvalue weighted by Crippen LogP contribution is -2.30. The summed E-state index contributed by atoms with van der Waals surface area (Å²) in [5, 5.41) is 11.5. The molecule has 2 rings (SSSR count). The Hall–Kier alpha value is -3.33. The highest BCUT2D eigenvalue weighted by Crippen LogP contribution is 2.15. The Kier molecular flexibility index (Phi) is 6.75. The number of nitrogens with one attached hydrogen (secondary N) is 1. The Morgan fingerprint density at radius 2 is 1.92 bits per heavy atom. The van der Waals surface area contributed by atoms with Crippen LogP contribution < -0.4 is 10.1 Å². The Morgan fingerprint density at radius 1 is 1.19 bits per heavy atom. The summed E-state index contributed by atoms with van der Waals surface area (Å²) in [6, 6.07) is 15.0. The molecule has 0 aliphatic carbocycles. The number of nitriles is 1. The maximum atomic E-state index is 12.2. The minimum Gasteiger partial charge on any atom is -0.494 e. The Morgan fingerprint density at radius 3 is 2.58 bits per heavy atom. The van der Waals surface area contributed by atoms with Crippen molar-refractivity contribution >= 4 is 17.6 Å². The number of anilines is 1. The summed E-state index contributed by atoms with van der Waals surface area (Å²) < 4.78 is 10.6. The first-order valence-corrected chi connectivity index (χ1v) is 8.28. The lowest BCUT2D eigenvalue weighted by atomic mass is 10.2. The number of carbonyl (C=O) groups excluding carboxylic acids is 2. The second-order valence-corrected chi connectivity index (χ2v) is 5.60. The molecule has 0 heterocycles. The highest BCUT2D eigenvalue weighted by molar-refractivity contribution is 5.97. The highest BCUT2D eigenvalue weighted by atomic mass is 16.5.